The third-order valence-corrected chi connectivity index (χ3v) is 4.36. The van der Waals surface area contributed by atoms with Gasteiger partial charge in [0.05, 0.1) is 17.9 Å². The number of hydrogen-bond acceptors (Lipinski definition) is 4. The molecule has 1 fully saturated rings. The van der Waals surface area contributed by atoms with Crippen LogP contribution in [-0.4, -0.2) is 25.2 Å². The third kappa shape index (κ3) is 4.02. The second-order valence-electron chi connectivity index (χ2n) is 6.06. The molecule has 0 unspecified atom stereocenters. The molecule has 5 nitrogen and oxygen atoms in total. The van der Waals surface area contributed by atoms with E-state index in [4.69, 9.17) is 9.47 Å². The Labute approximate surface area is 137 Å². The zero-order valence-corrected chi connectivity index (χ0v) is 14.0. The number of unbranched alkanes of at least 4 members (excludes halogenated alkanes) is 1. The van der Waals surface area contributed by atoms with Crippen LogP contribution in [0.3, 0.4) is 0 Å². The van der Waals surface area contributed by atoms with Crippen molar-refractivity contribution in [3.05, 3.63) is 23.8 Å². The van der Waals surface area contributed by atoms with E-state index >= 15 is 0 Å². The first-order valence-corrected chi connectivity index (χ1v) is 8.08. The van der Waals surface area contributed by atoms with E-state index in [-0.39, 0.29) is 11.8 Å². The molecule has 1 amide bonds. The Balaban J connectivity index is 2.10. The normalized spacial score (nSPS) is 16.3. The number of nitriles is 1. The van der Waals surface area contributed by atoms with E-state index in [0.29, 0.717) is 23.6 Å². The summed E-state index contributed by atoms with van der Waals surface area (Å²) in [6.45, 7) is 4.51. The van der Waals surface area contributed by atoms with E-state index in [0.717, 1.165) is 25.7 Å². The number of rotatable bonds is 8. The predicted octanol–water partition coefficient (Wildman–Crippen LogP) is 3.49. The second kappa shape index (κ2) is 7.47. The molecule has 124 valence electrons. The molecule has 1 aliphatic carbocycles. The lowest BCUT2D eigenvalue weighted by Gasteiger charge is -2.27. The molecule has 0 heterocycles. The van der Waals surface area contributed by atoms with Gasteiger partial charge in [-0.15, -0.1) is 0 Å². The lowest BCUT2D eigenvalue weighted by Crippen LogP contribution is -2.44. The summed E-state index contributed by atoms with van der Waals surface area (Å²) in [6, 6.07) is 7.25. The first-order valence-electron chi connectivity index (χ1n) is 8.08. The van der Waals surface area contributed by atoms with E-state index in [2.05, 4.69) is 18.3 Å². The molecule has 2 rings (SSSR count). The minimum atomic E-state index is -0.844. The molecule has 1 saturated carbocycles. The number of nitrogens with one attached hydrogen (secondary N) is 1. The van der Waals surface area contributed by atoms with Crippen LogP contribution in [0.5, 0.6) is 5.75 Å². The van der Waals surface area contributed by atoms with Crippen molar-refractivity contribution in [1.82, 2.24) is 0 Å². The van der Waals surface area contributed by atoms with Crippen molar-refractivity contribution in [1.29, 1.82) is 5.26 Å². The van der Waals surface area contributed by atoms with Crippen molar-refractivity contribution >= 4 is 11.6 Å². The van der Waals surface area contributed by atoms with Crippen LogP contribution in [0.25, 0.3) is 0 Å². The number of carbonyl (C=O) groups is 1. The summed E-state index contributed by atoms with van der Waals surface area (Å²) in [5, 5.41) is 12.1. The number of ether oxygens (including phenoxy) is 2. The van der Waals surface area contributed by atoms with Gasteiger partial charge in [0.25, 0.3) is 5.91 Å². The maximum atomic E-state index is 12.5. The van der Waals surface area contributed by atoms with E-state index < -0.39 is 5.60 Å². The van der Waals surface area contributed by atoms with Crippen molar-refractivity contribution in [3.8, 4) is 11.8 Å². The van der Waals surface area contributed by atoms with Crippen molar-refractivity contribution in [2.75, 3.05) is 19.0 Å². The number of carbonyl (C=O) groups excluding carboxylic acids is 1. The van der Waals surface area contributed by atoms with Gasteiger partial charge in [0.2, 0.25) is 0 Å². The Kier molecular flexibility index (Phi) is 5.62. The fraction of sp³-hybridized carbons (Fsp3) is 0.556. The Morgan fingerprint density at radius 1 is 1.48 bits per heavy atom. The standard InChI is InChI=1S/C18H24N2O3/c1-4-5-10-23-15-8-9-16(13(11-15)12-19)20-17(21)18(2,22-3)14-6-7-14/h8-9,11,14H,4-7,10H2,1-3H3,(H,20,21)/t18-/m1/s1. The average Bonchev–Trinajstić information content (AvgIpc) is 3.40. The van der Waals surface area contributed by atoms with Crippen LogP contribution in [-0.2, 0) is 9.53 Å². The number of benzene rings is 1. The quantitative estimate of drug-likeness (QED) is 0.745. The van der Waals surface area contributed by atoms with Gasteiger partial charge in [-0.25, -0.2) is 0 Å². The highest BCUT2D eigenvalue weighted by molar-refractivity contribution is 5.98. The van der Waals surface area contributed by atoms with Crippen LogP contribution in [0.2, 0.25) is 0 Å². The predicted molar refractivity (Wildman–Crippen MR) is 88.3 cm³/mol. The molecular weight excluding hydrogens is 292 g/mol. The highest BCUT2D eigenvalue weighted by atomic mass is 16.5. The molecule has 0 saturated heterocycles. The van der Waals surface area contributed by atoms with Crippen molar-refractivity contribution in [2.24, 2.45) is 5.92 Å². The summed E-state index contributed by atoms with van der Waals surface area (Å²) < 4.78 is 11.0. The molecule has 0 spiro atoms. The Morgan fingerprint density at radius 2 is 2.22 bits per heavy atom. The lowest BCUT2D eigenvalue weighted by atomic mass is 9.98. The second-order valence-corrected chi connectivity index (χ2v) is 6.06. The van der Waals surface area contributed by atoms with Gasteiger partial charge in [0.1, 0.15) is 17.4 Å². The van der Waals surface area contributed by atoms with Crippen molar-refractivity contribution in [3.63, 3.8) is 0 Å². The molecule has 1 aromatic carbocycles. The van der Waals surface area contributed by atoms with Crippen molar-refractivity contribution < 1.29 is 14.3 Å². The number of nitrogens with zero attached hydrogens (tertiary/aromatic N) is 1. The van der Waals surface area contributed by atoms with E-state index in [9.17, 15) is 10.1 Å². The number of methoxy groups -OCH3 is 1. The molecular formula is C18H24N2O3. The zero-order chi connectivity index (χ0) is 16.9. The molecule has 0 aliphatic heterocycles. The zero-order valence-electron chi connectivity index (χ0n) is 14.0. The molecule has 5 heteroatoms. The minimum Gasteiger partial charge on any atom is -0.494 e. The summed E-state index contributed by atoms with van der Waals surface area (Å²) in [4.78, 5) is 12.5. The summed E-state index contributed by atoms with van der Waals surface area (Å²) >= 11 is 0. The van der Waals surface area contributed by atoms with Gasteiger partial charge in [0, 0.05) is 7.11 Å². The third-order valence-electron chi connectivity index (χ3n) is 4.36. The van der Waals surface area contributed by atoms with Crippen LogP contribution in [0.15, 0.2) is 18.2 Å². The Morgan fingerprint density at radius 3 is 2.78 bits per heavy atom. The molecule has 1 N–H and O–H groups in total. The molecule has 1 atom stereocenters. The summed E-state index contributed by atoms with van der Waals surface area (Å²) in [7, 11) is 1.55. The fourth-order valence-electron chi connectivity index (χ4n) is 2.47. The van der Waals surface area contributed by atoms with Gasteiger partial charge >= 0.3 is 0 Å². The number of anilines is 1. The molecule has 23 heavy (non-hydrogen) atoms. The van der Waals surface area contributed by atoms with Gasteiger partial charge in [-0.2, -0.15) is 5.26 Å². The Hall–Kier alpha value is -2.06. The smallest absolute Gasteiger partial charge is 0.256 e. The molecule has 1 aromatic rings. The lowest BCUT2D eigenvalue weighted by molar-refractivity contribution is -0.138. The SMILES string of the molecule is CCCCOc1ccc(NC(=O)[C@](C)(OC)C2CC2)c(C#N)c1. The van der Waals surface area contributed by atoms with Gasteiger partial charge in [0.15, 0.2) is 0 Å². The van der Waals surface area contributed by atoms with Gasteiger partial charge in [-0.3, -0.25) is 4.79 Å². The molecule has 0 radical (unpaired) electrons. The average molecular weight is 316 g/mol. The maximum absolute atomic E-state index is 12.5. The monoisotopic (exact) mass is 316 g/mol. The van der Waals surface area contributed by atoms with Crippen LogP contribution >= 0.6 is 0 Å². The minimum absolute atomic E-state index is 0.210. The largest absolute Gasteiger partial charge is 0.494 e. The number of hydrogen-bond donors (Lipinski definition) is 1. The van der Waals surface area contributed by atoms with Crippen LogP contribution < -0.4 is 10.1 Å². The van der Waals surface area contributed by atoms with Gasteiger partial charge < -0.3 is 14.8 Å². The van der Waals surface area contributed by atoms with Crippen LogP contribution in [0, 0.1) is 17.2 Å². The van der Waals surface area contributed by atoms with Crippen LogP contribution in [0.1, 0.15) is 45.1 Å². The molecule has 1 aliphatic rings. The van der Waals surface area contributed by atoms with Crippen molar-refractivity contribution in [2.45, 2.75) is 45.1 Å². The molecule has 0 aromatic heterocycles. The summed E-state index contributed by atoms with van der Waals surface area (Å²) in [6.07, 6.45) is 4.00. The maximum Gasteiger partial charge on any atom is 0.256 e. The van der Waals surface area contributed by atoms with E-state index in [1.807, 2.05) is 0 Å². The highest BCUT2D eigenvalue weighted by Gasteiger charge is 2.47. The summed E-state index contributed by atoms with van der Waals surface area (Å²) in [5.74, 6) is 0.679. The van der Waals surface area contributed by atoms with Gasteiger partial charge in [-0.05, 0) is 50.3 Å². The number of amides is 1. The van der Waals surface area contributed by atoms with E-state index in [1.54, 1.807) is 32.2 Å². The highest BCUT2D eigenvalue weighted by Crippen LogP contribution is 2.42. The Bertz CT molecular complexity index is 605. The van der Waals surface area contributed by atoms with Gasteiger partial charge in [-0.1, -0.05) is 13.3 Å². The van der Waals surface area contributed by atoms with Crippen LogP contribution in [0.4, 0.5) is 5.69 Å². The fourth-order valence-corrected chi connectivity index (χ4v) is 2.47. The van der Waals surface area contributed by atoms with E-state index in [1.165, 1.54) is 0 Å². The first kappa shape index (κ1) is 17.3. The first-order chi connectivity index (χ1) is 11.0. The topological polar surface area (TPSA) is 71.3 Å². The molecule has 0 bridgehead atoms. The summed E-state index contributed by atoms with van der Waals surface area (Å²) in [5.41, 5.74) is 0.0362.